The average Bonchev–Trinajstić information content (AvgIpc) is 3.73. The van der Waals surface area contributed by atoms with Crippen molar-refractivity contribution in [3.63, 3.8) is 0 Å². The highest BCUT2D eigenvalue weighted by molar-refractivity contribution is 9.11. The minimum atomic E-state index is 0.453. The van der Waals surface area contributed by atoms with Gasteiger partial charge in [-0.2, -0.15) is 10.2 Å². The molecule has 7 nitrogen and oxygen atoms in total. The van der Waals surface area contributed by atoms with Crippen LogP contribution >= 0.6 is 98.5 Å². The zero-order chi connectivity index (χ0) is 39.8. The molecule has 2 heterocycles. The van der Waals surface area contributed by atoms with E-state index in [-0.39, 0.29) is 0 Å². The fourth-order valence-electron chi connectivity index (χ4n) is 5.44. The molecule has 0 N–H and O–H groups in total. The van der Waals surface area contributed by atoms with Gasteiger partial charge in [0, 0.05) is 45.8 Å². The van der Waals surface area contributed by atoms with Gasteiger partial charge in [-0.3, -0.25) is 14.2 Å². The molecule has 0 radical (unpaired) electrons. The van der Waals surface area contributed by atoms with E-state index in [0.29, 0.717) is 32.0 Å². The smallest absolute Gasteiger partial charge is 0.219 e. The largest absolute Gasteiger partial charge is 0.298 e. The number of carbonyl (C=O) groups excluding carboxylic acids is 1. The van der Waals surface area contributed by atoms with Crippen LogP contribution in [0.4, 0.5) is 11.4 Å². The maximum Gasteiger partial charge on any atom is 0.219 e. The van der Waals surface area contributed by atoms with E-state index < -0.39 is 0 Å². The van der Waals surface area contributed by atoms with Gasteiger partial charge in [0.05, 0.1) is 55.2 Å². The molecule has 0 unspecified atom stereocenters. The topological polar surface area (TPSA) is 61.4 Å². The molecule has 0 aliphatic rings. The molecular formula is C41H25Br4Cl3N6O. The third-order valence-electron chi connectivity index (χ3n) is 8.01. The maximum absolute atomic E-state index is 10.8. The SMILES string of the molecule is Cn1cc(Br)cn1.O=Cc1c(Br)cc2ccccc2c1Cl.[C-]#[N+]c1c(-c2c(Br)cnn2C)cc2ccccc2c1Cl.[C-]#[N+]c1c(Br)cc2ccccc2c1Cl. The third kappa shape index (κ3) is 9.68. The van der Waals surface area contributed by atoms with Gasteiger partial charge >= 0.3 is 0 Å². The van der Waals surface area contributed by atoms with Crippen molar-refractivity contribution in [3.8, 4) is 11.3 Å². The summed E-state index contributed by atoms with van der Waals surface area (Å²) in [6.07, 6.45) is 6.12. The standard InChI is InChI=1S/C15H9BrClN3.C11H5BrClN.C11H6BrClO.C4H5BrN2/c1-18-14-11(15-12(16)8-19-20(15)2)7-9-5-3-4-6-10(9)13(14)17;1-14-11-9(12)6-7-4-2-3-5-8(7)10(11)13;12-10-5-7-3-1-2-4-8(7)11(13)9(10)6-14;1-7-3-4(5)2-6-7/h3-8H,2H3;2-6H;1-6H;2-3H,1H3. The Bertz CT molecular complexity index is 2750. The molecule has 14 heteroatoms. The molecule has 8 rings (SSSR count). The number of hydrogen-bond donors (Lipinski definition) is 0. The van der Waals surface area contributed by atoms with Crippen LogP contribution in [0, 0.1) is 13.1 Å². The molecule has 274 valence electrons. The monoisotopic (exact) mass is 1040 g/mol. The molecule has 6 aromatic carbocycles. The summed E-state index contributed by atoms with van der Waals surface area (Å²) in [7, 11) is 3.72. The Morgan fingerprint density at radius 1 is 0.636 bits per heavy atom. The van der Waals surface area contributed by atoms with Gasteiger partial charge in [0.15, 0.2) is 6.29 Å². The highest BCUT2D eigenvalue weighted by atomic mass is 79.9. The van der Waals surface area contributed by atoms with Gasteiger partial charge in [0.2, 0.25) is 11.4 Å². The number of carbonyl (C=O) groups is 1. The summed E-state index contributed by atoms with van der Waals surface area (Å²) in [6, 6.07) is 29.0. The van der Waals surface area contributed by atoms with Crippen LogP contribution in [-0.4, -0.2) is 25.8 Å². The van der Waals surface area contributed by atoms with E-state index in [1.165, 1.54) is 0 Å². The second-order valence-electron chi connectivity index (χ2n) is 11.5. The summed E-state index contributed by atoms with van der Waals surface area (Å²) in [4.78, 5) is 17.8. The molecule has 0 saturated heterocycles. The molecule has 0 amide bonds. The lowest BCUT2D eigenvalue weighted by molar-refractivity contribution is 0.112. The molecule has 0 aliphatic carbocycles. The van der Waals surface area contributed by atoms with Crippen LogP contribution in [0.15, 0.2) is 127 Å². The van der Waals surface area contributed by atoms with Crippen molar-refractivity contribution in [2.45, 2.75) is 0 Å². The van der Waals surface area contributed by atoms with E-state index in [0.717, 1.165) is 67.8 Å². The molecule has 8 aromatic rings. The van der Waals surface area contributed by atoms with Gasteiger partial charge in [0.25, 0.3) is 0 Å². The lowest BCUT2D eigenvalue weighted by Crippen LogP contribution is -1.94. The number of benzene rings is 6. The van der Waals surface area contributed by atoms with Crippen LogP contribution in [-0.2, 0) is 14.1 Å². The van der Waals surface area contributed by atoms with Crippen LogP contribution in [0.2, 0.25) is 15.1 Å². The maximum atomic E-state index is 10.8. The van der Waals surface area contributed by atoms with Gasteiger partial charge < -0.3 is 0 Å². The Morgan fingerprint density at radius 2 is 1.13 bits per heavy atom. The number of aryl methyl sites for hydroxylation is 2. The highest BCUT2D eigenvalue weighted by Crippen LogP contribution is 2.44. The van der Waals surface area contributed by atoms with Crippen LogP contribution < -0.4 is 0 Å². The van der Waals surface area contributed by atoms with E-state index in [1.807, 2.05) is 111 Å². The van der Waals surface area contributed by atoms with E-state index in [1.54, 1.807) is 21.8 Å². The van der Waals surface area contributed by atoms with E-state index in [2.05, 4.69) is 83.6 Å². The number of hydrogen-bond acceptors (Lipinski definition) is 3. The summed E-state index contributed by atoms with van der Waals surface area (Å²) >= 11 is 32.0. The molecule has 0 spiro atoms. The van der Waals surface area contributed by atoms with Gasteiger partial charge in [-0.25, -0.2) is 9.69 Å². The Morgan fingerprint density at radius 3 is 1.56 bits per heavy atom. The highest BCUT2D eigenvalue weighted by Gasteiger charge is 2.18. The number of aldehydes is 1. The average molecular weight is 1040 g/mol. The second kappa shape index (κ2) is 19.2. The quantitative estimate of drug-likeness (QED) is 0.128. The van der Waals surface area contributed by atoms with Gasteiger partial charge in [-0.05, 0) is 80.8 Å². The molecule has 0 saturated carbocycles. The van der Waals surface area contributed by atoms with E-state index in [9.17, 15) is 4.79 Å². The zero-order valence-corrected chi connectivity index (χ0v) is 37.3. The fraction of sp³-hybridized carbons (Fsp3) is 0.0488. The number of rotatable bonds is 2. The third-order valence-corrected chi connectivity index (χ3v) is 11.4. The molecule has 0 bridgehead atoms. The Kier molecular flexibility index (Phi) is 14.7. The van der Waals surface area contributed by atoms with Gasteiger partial charge in [-0.15, -0.1) is 0 Å². The first-order chi connectivity index (χ1) is 26.4. The Hall–Kier alpha value is -4.04. The minimum absolute atomic E-state index is 0.453. The number of nitrogens with zero attached hydrogens (tertiary/aromatic N) is 6. The second-order valence-corrected chi connectivity index (χ2v) is 16.1. The summed E-state index contributed by atoms with van der Waals surface area (Å²) in [5.41, 5.74) is 3.07. The van der Waals surface area contributed by atoms with E-state index in [4.69, 9.17) is 47.9 Å². The number of aromatic nitrogens is 4. The normalized spacial score (nSPS) is 10.3. The first-order valence-electron chi connectivity index (χ1n) is 15.9. The van der Waals surface area contributed by atoms with Gasteiger partial charge in [0.1, 0.15) is 0 Å². The first-order valence-corrected chi connectivity index (χ1v) is 20.2. The molecular weight excluding hydrogens is 1020 g/mol. The first kappa shape index (κ1) is 42.1. The van der Waals surface area contributed by atoms with Crippen molar-refractivity contribution in [3.05, 3.63) is 171 Å². The van der Waals surface area contributed by atoms with Crippen molar-refractivity contribution in [2.75, 3.05) is 0 Å². The van der Waals surface area contributed by atoms with Crippen LogP contribution in [0.25, 0.3) is 53.3 Å². The fourth-order valence-corrected chi connectivity index (χ4v) is 8.65. The van der Waals surface area contributed by atoms with Crippen LogP contribution in [0.1, 0.15) is 10.4 Å². The summed E-state index contributed by atoms with van der Waals surface area (Å²) in [5.74, 6) is 0. The predicted molar refractivity (Wildman–Crippen MR) is 241 cm³/mol. The Labute approximate surface area is 366 Å². The summed E-state index contributed by atoms with van der Waals surface area (Å²) in [5, 5.41) is 15.4. The number of halogens is 7. The zero-order valence-electron chi connectivity index (χ0n) is 28.7. The summed E-state index contributed by atoms with van der Waals surface area (Å²) in [6.45, 7) is 14.5. The van der Waals surface area contributed by atoms with Crippen molar-refractivity contribution >= 4 is 149 Å². The van der Waals surface area contributed by atoms with Crippen molar-refractivity contribution in [1.29, 1.82) is 0 Å². The van der Waals surface area contributed by atoms with Crippen LogP contribution in [0.3, 0.4) is 0 Å². The van der Waals surface area contributed by atoms with Gasteiger partial charge in [-0.1, -0.05) is 136 Å². The predicted octanol–water partition coefficient (Wildman–Crippen LogP) is 15.3. The van der Waals surface area contributed by atoms with E-state index >= 15 is 0 Å². The molecule has 0 aliphatic heterocycles. The minimum Gasteiger partial charge on any atom is -0.298 e. The molecule has 0 atom stereocenters. The lowest BCUT2D eigenvalue weighted by atomic mass is 10.0. The lowest BCUT2D eigenvalue weighted by Gasteiger charge is -2.10. The Balaban J connectivity index is 0.000000148. The van der Waals surface area contributed by atoms with Crippen molar-refractivity contribution in [2.24, 2.45) is 14.1 Å². The number of fused-ring (bicyclic) bond motifs is 3. The summed E-state index contributed by atoms with van der Waals surface area (Å²) < 4.78 is 6.82. The van der Waals surface area contributed by atoms with Crippen molar-refractivity contribution in [1.82, 2.24) is 19.6 Å². The van der Waals surface area contributed by atoms with Crippen molar-refractivity contribution < 1.29 is 4.79 Å². The molecule has 55 heavy (non-hydrogen) atoms. The molecule has 2 aromatic heterocycles. The van der Waals surface area contributed by atoms with Crippen LogP contribution in [0.5, 0.6) is 0 Å². The molecule has 0 fully saturated rings.